The van der Waals surface area contributed by atoms with Gasteiger partial charge in [0, 0.05) is 11.3 Å². The van der Waals surface area contributed by atoms with Gasteiger partial charge in [0.15, 0.2) is 0 Å². The first-order valence-electron chi connectivity index (χ1n) is 22.3. The van der Waals surface area contributed by atoms with Crippen molar-refractivity contribution in [2.75, 3.05) is 0 Å². The van der Waals surface area contributed by atoms with E-state index in [0.29, 0.717) is 22.7 Å². The second kappa shape index (κ2) is 10.2. The van der Waals surface area contributed by atoms with Crippen molar-refractivity contribution < 1.29 is 0 Å². The van der Waals surface area contributed by atoms with Gasteiger partial charge >= 0.3 is 0 Å². The largest absolute Gasteiger partial charge is 0.0619 e. The van der Waals surface area contributed by atoms with Gasteiger partial charge in [-0.2, -0.15) is 0 Å². The summed E-state index contributed by atoms with van der Waals surface area (Å²) >= 11 is 0. The van der Waals surface area contributed by atoms with Gasteiger partial charge in [0.25, 0.3) is 0 Å². The molecule has 3 atom stereocenters. The molecule has 0 N–H and O–H groups in total. The molecule has 0 saturated heterocycles. The highest BCUT2D eigenvalue weighted by Crippen LogP contribution is 2.73. The summed E-state index contributed by atoms with van der Waals surface area (Å²) in [6.45, 7) is 12.7. The highest BCUT2D eigenvalue weighted by molar-refractivity contribution is 5.82. The van der Waals surface area contributed by atoms with E-state index in [-0.39, 0.29) is 10.8 Å². The van der Waals surface area contributed by atoms with E-state index in [2.05, 4.69) is 77.1 Å². The van der Waals surface area contributed by atoms with Crippen molar-refractivity contribution in [1.29, 1.82) is 0 Å². The van der Waals surface area contributed by atoms with Gasteiger partial charge < -0.3 is 0 Å². The van der Waals surface area contributed by atoms with Crippen LogP contribution in [0.2, 0.25) is 0 Å². The fourth-order valence-corrected chi connectivity index (χ4v) is 17.8. The van der Waals surface area contributed by atoms with Crippen LogP contribution in [-0.4, -0.2) is 0 Å². The van der Waals surface area contributed by atoms with Crippen molar-refractivity contribution >= 4 is 0 Å². The molecule has 0 spiro atoms. The Balaban J connectivity index is 1.06. The first-order valence-corrected chi connectivity index (χ1v) is 22.3. The Bertz CT molecular complexity index is 1740. The van der Waals surface area contributed by atoms with Gasteiger partial charge in [-0.25, -0.2) is 0 Å². The quantitative estimate of drug-likeness (QED) is 0.302. The molecule has 0 nitrogen and oxygen atoms in total. The summed E-state index contributed by atoms with van der Waals surface area (Å²) < 4.78 is 0. The van der Waals surface area contributed by atoms with E-state index in [1.54, 1.807) is 39.0 Å². The van der Waals surface area contributed by atoms with E-state index in [1.807, 2.05) is 11.1 Å². The maximum absolute atomic E-state index is 2.86. The standard InChI is InChI=1S/C51H64/c1-29(2)51(45-8-6-7-39(45)44-21-38(22-46(44)51)48(3,4)5)47-40-11-9-36(49-23-30-13-31(24-49)15-32(14-30)25-49)19-42(40)43-20-37(10-12-41(43)47)50-26-33-16-34(27-50)18-35(17-33)28-50/h9-12,19-20,22,29-35,39,45,47H,6-8,13-18,21,23-28H2,1-5H3. The van der Waals surface area contributed by atoms with Crippen LogP contribution in [-0.2, 0) is 10.8 Å². The second-order valence-corrected chi connectivity index (χ2v) is 22.7. The van der Waals surface area contributed by atoms with Crippen LogP contribution in [0, 0.1) is 64.1 Å². The van der Waals surface area contributed by atoms with Crippen LogP contribution < -0.4 is 0 Å². The Kier molecular flexibility index (Phi) is 6.23. The lowest BCUT2D eigenvalue weighted by Gasteiger charge is -2.57. The van der Waals surface area contributed by atoms with Crippen LogP contribution in [0.15, 0.2) is 59.2 Å². The molecule has 268 valence electrons. The van der Waals surface area contributed by atoms with Gasteiger partial charge in [0.2, 0.25) is 0 Å². The third kappa shape index (κ3) is 4.05. The highest BCUT2D eigenvalue weighted by Gasteiger charge is 2.63. The monoisotopic (exact) mass is 677 g/mol. The molecule has 2 aromatic carbocycles. The lowest BCUT2D eigenvalue weighted by atomic mass is 9.48. The highest BCUT2D eigenvalue weighted by atomic mass is 14.7. The molecule has 12 aliphatic carbocycles. The first kappa shape index (κ1) is 31.3. The van der Waals surface area contributed by atoms with Gasteiger partial charge in [-0.15, -0.1) is 0 Å². The Hall–Kier alpha value is -2.08. The van der Waals surface area contributed by atoms with Crippen molar-refractivity contribution in [2.45, 2.75) is 154 Å². The maximum atomic E-state index is 2.86. The molecule has 3 unspecified atom stereocenters. The summed E-state index contributed by atoms with van der Waals surface area (Å²) in [6.07, 6.45) is 26.3. The number of benzene rings is 2. The predicted molar refractivity (Wildman–Crippen MR) is 211 cm³/mol. The van der Waals surface area contributed by atoms with Gasteiger partial charge in [-0.05, 0) is 205 Å². The topological polar surface area (TPSA) is 0 Å². The lowest BCUT2D eigenvalue weighted by Crippen LogP contribution is -2.48. The minimum atomic E-state index is 0.188. The Morgan fingerprint density at radius 2 is 1.10 bits per heavy atom. The maximum Gasteiger partial charge on any atom is 0.0204 e. The van der Waals surface area contributed by atoms with Crippen molar-refractivity contribution in [3.8, 4) is 11.1 Å². The molecule has 0 aromatic heterocycles. The fourth-order valence-electron chi connectivity index (χ4n) is 17.8. The number of fused-ring (bicyclic) bond motifs is 5. The van der Waals surface area contributed by atoms with Crippen molar-refractivity contribution in [3.05, 3.63) is 81.4 Å². The van der Waals surface area contributed by atoms with Crippen molar-refractivity contribution in [3.63, 3.8) is 0 Å². The van der Waals surface area contributed by atoms with Crippen LogP contribution in [0.3, 0.4) is 0 Å². The normalized spacial score (nSPS) is 45.1. The molecule has 9 saturated carbocycles. The van der Waals surface area contributed by atoms with E-state index in [9.17, 15) is 0 Å². The van der Waals surface area contributed by atoms with E-state index in [1.165, 1.54) is 103 Å². The second-order valence-electron chi connectivity index (χ2n) is 22.7. The molecule has 0 amide bonds. The van der Waals surface area contributed by atoms with E-state index in [4.69, 9.17) is 0 Å². The number of rotatable bonds is 4. The smallest absolute Gasteiger partial charge is 0.0204 e. The van der Waals surface area contributed by atoms with Crippen molar-refractivity contribution in [2.24, 2.45) is 64.1 Å². The molecule has 51 heavy (non-hydrogen) atoms. The van der Waals surface area contributed by atoms with Gasteiger partial charge in [-0.1, -0.05) is 94.7 Å². The third-order valence-electron chi connectivity index (χ3n) is 18.8. The van der Waals surface area contributed by atoms with Gasteiger partial charge in [0.05, 0.1) is 0 Å². The van der Waals surface area contributed by atoms with Gasteiger partial charge in [-0.3, -0.25) is 0 Å². The molecule has 0 radical (unpaired) electrons. The zero-order valence-electron chi connectivity index (χ0n) is 32.6. The van der Waals surface area contributed by atoms with E-state index >= 15 is 0 Å². The van der Waals surface area contributed by atoms with Crippen LogP contribution in [0.4, 0.5) is 0 Å². The first-order chi connectivity index (χ1) is 24.5. The minimum Gasteiger partial charge on any atom is -0.0619 e. The van der Waals surface area contributed by atoms with Crippen LogP contribution in [0.5, 0.6) is 0 Å². The molecular weight excluding hydrogens is 613 g/mol. The Morgan fingerprint density at radius 1 is 0.627 bits per heavy atom. The average molecular weight is 677 g/mol. The van der Waals surface area contributed by atoms with Crippen LogP contribution in [0.1, 0.15) is 166 Å². The molecule has 12 aliphatic rings. The fraction of sp³-hybridized carbons (Fsp3) is 0.686. The van der Waals surface area contributed by atoms with Crippen LogP contribution >= 0.6 is 0 Å². The summed E-state index contributed by atoms with van der Waals surface area (Å²) in [6, 6.07) is 16.7. The molecule has 2 aromatic rings. The minimum absolute atomic E-state index is 0.188. The van der Waals surface area contributed by atoms with Crippen molar-refractivity contribution in [1.82, 2.24) is 0 Å². The molecular formula is C51H64. The molecule has 8 bridgehead atoms. The summed E-state index contributed by atoms with van der Waals surface area (Å²) in [4.78, 5) is 0. The summed E-state index contributed by atoms with van der Waals surface area (Å²) in [5, 5.41) is 0. The van der Waals surface area contributed by atoms with E-state index in [0.717, 1.165) is 47.3 Å². The molecule has 14 rings (SSSR count). The molecule has 9 fully saturated rings. The third-order valence-corrected chi connectivity index (χ3v) is 18.8. The number of hydrogen-bond donors (Lipinski definition) is 0. The zero-order chi connectivity index (χ0) is 34.2. The molecule has 0 heterocycles. The molecule has 0 heteroatoms. The number of allylic oxidation sites excluding steroid dienone is 4. The van der Waals surface area contributed by atoms with Crippen LogP contribution in [0.25, 0.3) is 11.1 Å². The van der Waals surface area contributed by atoms with E-state index < -0.39 is 0 Å². The summed E-state index contributed by atoms with van der Waals surface area (Å²) in [5.74, 6) is 8.62. The zero-order valence-corrected chi connectivity index (χ0v) is 32.6. The van der Waals surface area contributed by atoms with Gasteiger partial charge in [0.1, 0.15) is 0 Å². The SMILES string of the molecule is CC(C)C1(C2c3ccc(C45CC6CC(CC(C6)C4)C5)cc3-c3cc(C45CC6CC(CC(C6)C4)C5)ccc32)C2=C(CC(C(C)(C)C)=C2)C2CCCC21. The molecule has 0 aliphatic heterocycles. The average Bonchev–Trinajstić information content (AvgIpc) is 3.84. The number of hydrogen-bond acceptors (Lipinski definition) is 0. The summed E-state index contributed by atoms with van der Waals surface area (Å²) in [5.41, 5.74) is 17.0. The summed E-state index contributed by atoms with van der Waals surface area (Å²) in [7, 11) is 0. The Morgan fingerprint density at radius 3 is 1.53 bits per heavy atom. The lowest BCUT2D eigenvalue weighted by molar-refractivity contribution is -0.00534. The Labute approximate surface area is 309 Å². The predicted octanol–water partition coefficient (Wildman–Crippen LogP) is 13.5.